The lowest BCUT2D eigenvalue weighted by molar-refractivity contribution is -0.129. The Morgan fingerprint density at radius 2 is 1.83 bits per heavy atom. The van der Waals surface area contributed by atoms with E-state index in [1.807, 2.05) is 12.1 Å². The summed E-state index contributed by atoms with van der Waals surface area (Å²) in [4.78, 5) is 38.7. The van der Waals surface area contributed by atoms with E-state index in [4.69, 9.17) is 11.6 Å². The number of amides is 4. The van der Waals surface area contributed by atoms with Crippen LogP contribution in [0.25, 0.3) is 6.08 Å². The van der Waals surface area contributed by atoms with E-state index in [-0.39, 0.29) is 30.4 Å². The summed E-state index contributed by atoms with van der Waals surface area (Å²) in [5.74, 6) is -0.256. The fourth-order valence-electron chi connectivity index (χ4n) is 3.00. The number of hydrogen-bond donors (Lipinski definition) is 1. The van der Waals surface area contributed by atoms with Crippen molar-refractivity contribution in [3.8, 4) is 0 Å². The minimum absolute atomic E-state index is 0.0689. The molecule has 1 aromatic carbocycles. The summed E-state index contributed by atoms with van der Waals surface area (Å²) < 4.78 is 0. The molecule has 7 heteroatoms. The summed E-state index contributed by atoms with van der Waals surface area (Å²) in [5.41, 5.74) is 0.905. The Morgan fingerprint density at radius 3 is 2.42 bits per heavy atom. The molecule has 1 aromatic rings. The Hall–Kier alpha value is -2.34. The third-order valence-electron chi connectivity index (χ3n) is 4.31. The number of carbonyl (C=O) groups excluding carboxylic acids is 3. The summed E-state index contributed by atoms with van der Waals surface area (Å²) in [6.07, 6.45) is 4.51. The molecule has 0 saturated carbocycles. The molecule has 4 amide bonds. The summed E-state index contributed by atoms with van der Waals surface area (Å²) in [6.45, 7) is 1.14. The van der Waals surface area contributed by atoms with Crippen molar-refractivity contribution in [1.29, 1.82) is 0 Å². The minimum Gasteiger partial charge on any atom is -0.339 e. The highest BCUT2D eigenvalue weighted by atomic mass is 35.5. The maximum Gasteiger partial charge on any atom is 0.324 e. The van der Waals surface area contributed by atoms with E-state index in [9.17, 15) is 14.4 Å². The third kappa shape index (κ3) is 3.59. The quantitative estimate of drug-likeness (QED) is 0.670. The number of rotatable bonds is 3. The number of benzene rings is 1. The molecule has 0 bridgehead atoms. The van der Waals surface area contributed by atoms with E-state index < -0.39 is 0 Å². The molecule has 0 radical (unpaired) electrons. The van der Waals surface area contributed by atoms with Crippen LogP contribution >= 0.6 is 11.6 Å². The molecule has 2 aliphatic heterocycles. The van der Waals surface area contributed by atoms with Gasteiger partial charge in [0.2, 0.25) is 11.8 Å². The van der Waals surface area contributed by atoms with Gasteiger partial charge in [0.15, 0.2) is 0 Å². The van der Waals surface area contributed by atoms with Gasteiger partial charge in [-0.1, -0.05) is 23.7 Å². The topological polar surface area (TPSA) is 69.7 Å². The van der Waals surface area contributed by atoms with E-state index in [0.29, 0.717) is 31.0 Å². The van der Waals surface area contributed by atoms with E-state index in [1.165, 1.54) is 11.0 Å². The SMILES string of the molecule is O=C(/C=C/c1ccc(Cl)cc1)N1CCC(N2C(=O)CNC2=O)CC1. The van der Waals surface area contributed by atoms with Crippen LogP contribution in [-0.4, -0.2) is 53.3 Å². The molecule has 0 atom stereocenters. The number of nitrogens with zero attached hydrogens (tertiary/aromatic N) is 2. The van der Waals surface area contributed by atoms with Crippen LogP contribution in [0.3, 0.4) is 0 Å². The molecule has 3 rings (SSSR count). The number of halogens is 1. The highest BCUT2D eigenvalue weighted by molar-refractivity contribution is 6.30. The summed E-state index contributed by atoms with van der Waals surface area (Å²) in [5, 5.41) is 3.18. The van der Waals surface area contributed by atoms with Gasteiger partial charge in [-0.2, -0.15) is 0 Å². The minimum atomic E-state index is -0.326. The highest BCUT2D eigenvalue weighted by Gasteiger charge is 2.36. The average molecular weight is 348 g/mol. The van der Waals surface area contributed by atoms with Crippen molar-refractivity contribution in [2.24, 2.45) is 0 Å². The van der Waals surface area contributed by atoms with E-state index in [2.05, 4.69) is 5.32 Å². The monoisotopic (exact) mass is 347 g/mol. The molecule has 6 nitrogen and oxygen atoms in total. The molecule has 24 heavy (non-hydrogen) atoms. The molecule has 126 valence electrons. The van der Waals surface area contributed by atoms with Gasteiger partial charge < -0.3 is 10.2 Å². The zero-order chi connectivity index (χ0) is 17.1. The molecular weight excluding hydrogens is 330 g/mol. The predicted molar refractivity (Wildman–Crippen MR) is 90.3 cm³/mol. The van der Waals surface area contributed by atoms with Gasteiger partial charge in [0.25, 0.3) is 0 Å². The summed E-state index contributed by atoms with van der Waals surface area (Å²) in [6, 6.07) is 6.79. The number of likely N-dealkylation sites (tertiary alicyclic amines) is 1. The molecule has 1 N–H and O–H groups in total. The molecule has 2 aliphatic rings. The van der Waals surface area contributed by atoms with Gasteiger partial charge in [0.05, 0.1) is 6.54 Å². The number of nitrogens with one attached hydrogen (secondary N) is 1. The molecule has 2 saturated heterocycles. The second kappa shape index (κ2) is 7.05. The van der Waals surface area contributed by atoms with Crippen LogP contribution in [0.5, 0.6) is 0 Å². The third-order valence-corrected chi connectivity index (χ3v) is 4.56. The Labute approximate surface area is 145 Å². The van der Waals surface area contributed by atoms with Crippen molar-refractivity contribution in [3.05, 3.63) is 40.9 Å². The lowest BCUT2D eigenvalue weighted by Crippen LogP contribution is -2.48. The molecule has 0 aliphatic carbocycles. The van der Waals surface area contributed by atoms with E-state index >= 15 is 0 Å². The van der Waals surface area contributed by atoms with Crippen molar-refractivity contribution < 1.29 is 14.4 Å². The predicted octanol–water partition coefficient (Wildman–Crippen LogP) is 1.90. The van der Waals surface area contributed by atoms with Crippen LogP contribution in [0, 0.1) is 0 Å². The lowest BCUT2D eigenvalue weighted by Gasteiger charge is -2.34. The van der Waals surface area contributed by atoms with E-state index in [1.54, 1.807) is 23.1 Å². The van der Waals surface area contributed by atoms with Gasteiger partial charge in [0, 0.05) is 30.2 Å². The van der Waals surface area contributed by atoms with Crippen LogP contribution in [0.4, 0.5) is 4.79 Å². The maximum atomic E-state index is 12.2. The van der Waals surface area contributed by atoms with Gasteiger partial charge in [0.1, 0.15) is 0 Å². The van der Waals surface area contributed by atoms with Crippen LogP contribution in [0.2, 0.25) is 5.02 Å². The maximum absolute atomic E-state index is 12.2. The van der Waals surface area contributed by atoms with Crippen molar-refractivity contribution in [3.63, 3.8) is 0 Å². The van der Waals surface area contributed by atoms with E-state index in [0.717, 1.165) is 5.56 Å². The van der Waals surface area contributed by atoms with Crippen LogP contribution in [0.15, 0.2) is 30.3 Å². The Morgan fingerprint density at radius 1 is 1.17 bits per heavy atom. The van der Waals surface area contributed by atoms with Gasteiger partial charge in [-0.3, -0.25) is 14.5 Å². The first-order chi connectivity index (χ1) is 11.5. The molecule has 0 spiro atoms. The molecule has 2 fully saturated rings. The Balaban J connectivity index is 1.54. The van der Waals surface area contributed by atoms with Crippen LogP contribution in [-0.2, 0) is 9.59 Å². The highest BCUT2D eigenvalue weighted by Crippen LogP contribution is 2.19. The summed E-state index contributed by atoms with van der Waals surface area (Å²) >= 11 is 5.83. The zero-order valence-electron chi connectivity index (χ0n) is 13.1. The van der Waals surface area contributed by atoms with Crippen molar-refractivity contribution in [1.82, 2.24) is 15.1 Å². The van der Waals surface area contributed by atoms with Crippen LogP contribution in [0.1, 0.15) is 18.4 Å². The second-order valence-corrected chi connectivity index (χ2v) is 6.30. The van der Waals surface area contributed by atoms with Crippen molar-refractivity contribution >= 4 is 35.5 Å². The normalized spacial score (nSPS) is 19.2. The number of urea groups is 1. The fourth-order valence-corrected chi connectivity index (χ4v) is 3.12. The molecule has 2 heterocycles. The fraction of sp³-hybridized carbons (Fsp3) is 0.353. The standard InChI is InChI=1S/C17H18ClN3O3/c18-13-4-1-12(2-5-13)3-6-15(22)20-9-7-14(8-10-20)21-16(23)11-19-17(21)24/h1-6,14H,7-11H2,(H,19,24)/b6-3+. The first-order valence-corrected chi connectivity index (χ1v) is 8.25. The number of imide groups is 1. The average Bonchev–Trinajstić information content (AvgIpc) is 2.93. The Kier molecular flexibility index (Phi) is 4.85. The molecular formula is C17H18ClN3O3. The largest absolute Gasteiger partial charge is 0.339 e. The van der Waals surface area contributed by atoms with Crippen LogP contribution < -0.4 is 5.32 Å². The van der Waals surface area contributed by atoms with Gasteiger partial charge in [-0.05, 0) is 36.6 Å². The molecule has 0 unspecified atom stereocenters. The van der Waals surface area contributed by atoms with Gasteiger partial charge in [-0.25, -0.2) is 4.79 Å². The number of piperidine rings is 1. The molecule has 0 aromatic heterocycles. The number of hydrogen-bond acceptors (Lipinski definition) is 3. The Bertz CT molecular complexity index is 663. The van der Waals surface area contributed by atoms with Gasteiger partial charge >= 0.3 is 6.03 Å². The smallest absolute Gasteiger partial charge is 0.324 e. The van der Waals surface area contributed by atoms with Crippen molar-refractivity contribution in [2.45, 2.75) is 18.9 Å². The lowest BCUT2D eigenvalue weighted by atomic mass is 10.0. The number of carbonyl (C=O) groups is 3. The second-order valence-electron chi connectivity index (χ2n) is 5.86. The first kappa shape index (κ1) is 16.5. The van der Waals surface area contributed by atoms with Crippen molar-refractivity contribution in [2.75, 3.05) is 19.6 Å². The van der Waals surface area contributed by atoms with Gasteiger partial charge in [-0.15, -0.1) is 0 Å². The first-order valence-electron chi connectivity index (χ1n) is 7.87. The summed E-state index contributed by atoms with van der Waals surface area (Å²) in [7, 11) is 0. The zero-order valence-corrected chi connectivity index (χ0v) is 13.8.